The minimum Gasteiger partial charge on any atom is -0.494 e. The summed E-state index contributed by atoms with van der Waals surface area (Å²) in [4.78, 5) is 0. The van der Waals surface area contributed by atoms with Crippen molar-refractivity contribution >= 4 is 0 Å². The molecule has 0 spiro atoms. The van der Waals surface area contributed by atoms with Gasteiger partial charge in [0.2, 0.25) is 0 Å². The highest BCUT2D eigenvalue weighted by Gasteiger charge is 2.25. The predicted molar refractivity (Wildman–Crippen MR) is 55.2 cm³/mol. The van der Waals surface area contributed by atoms with Crippen molar-refractivity contribution in [2.24, 2.45) is 0 Å². The Balaban J connectivity index is 2.30. The summed E-state index contributed by atoms with van der Waals surface area (Å²) in [5, 5.41) is 0. The molecule has 0 fully saturated rings. The number of ether oxygens (including phenoxy) is 1. The van der Waals surface area contributed by atoms with Crippen LogP contribution >= 0.6 is 0 Å². The Morgan fingerprint density at radius 2 is 1.81 bits per heavy atom. The lowest BCUT2D eigenvalue weighted by Crippen LogP contribution is -2.09. The third kappa shape index (κ3) is 4.74. The Kier molecular flexibility index (Phi) is 4.24. The van der Waals surface area contributed by atoms with E-state index in [0.717, 1.165) is 0 Å². The van der Waals surface area contributed by atoms with Crippen molar-refractivity contribution in [1.29, 1.82) is 0 Å². The van der Waals surface area contributed by atoms with E-state index in [2.05, 4.69) is 5.92 Å². The van der Waals surface area contributed by atoms with Crippen LogP contribution in [0.15, 0.2) is 24.3 Å². The molecule has 0 N–H and O–H groups in total. The molecule has 0 aliphatic heterocycles. The maximum atomic E-state index is 11.8. The van der Waals surface area contributed by atoms with Crippen molar-refractivity contribution in [2.45, 2.75) is 19.0 Å². The highest BCUT2D eigenvalue weighted by molar-refractivity contribution is 5.36. The van der Waals surface area contributed by atoms with E-state index in [1.807, 2.05) is 0 Å². The third-order valence-corrected chi connectivity index (χ3v) is 1.89. The van der Waals surface area contributed by atoms with Gasteiger partial charge in [-0.25, -0.2) is 0 Å². The van der Waals surface area contributed by atoms with Gasteiger partial charge in [-0.15, -0.1) is 6.42 Å². The lowest BCUT2D eigenvalue weighted by Gasteiger charge is -2.08. The predicted octanol–water partition coefficient (Wildman–Crippen LogP) is 3.39. The van der Waals surface area contributed by atoms with Crippen molar-refractivity contribution < 1.29 is 17.9 Å². The molecule has 0 unspecified atom stereocenters. The van der Waals surface area contributed by atoms with E-state index < -0.39 is 12.6 Å². The van der Waals surface area contributed by atoms with Crippen LogP contribution in [-0.2, 0) is 0 Å². The number of hydrogen-bond acceptors (Lipinski definition) is 1. The van der Waals surface area contributed by atoms with Crippen LogP contribution in [0.1, 0.15) is 18.4 Å². The number of rotatable bonds is 4. The Morgan fingerprint density at radius 3 is 2.31 bits per heavy atom. The molecule has 0 amide bonds. The van der Waals surface area contributed by atoms with Gasteiger partial charge in [-0.1, -0.05) is 5.92 Å². The van der Waals surface area contributed by atoms with Crippen molar-refractivity contribution in [2.75, 3.05) is 6.61 Å². The zero-order chi connectivity index (χ0) is 12.0. The molecular weight excluding hydrogens is 217 g/mol. The molecule has 1 rings (SSSR count). The van der Waals surface area contributed by atoms with Crippen molar-refractivity contribution in [3.05, 3.63) is 29.8 Å². The molecule has 86 valence electrons. The largest absolute Gasteiger partial charge is 0.494 e. The molecule has 0 heterocycles. The molecule has 16 heavy (non-hydrogen) atoms. The first-order chi connectivity index (χ1) is 7.51. The standard InChI is InChI=1S/C12H11F3O/c1-2-10-4-6-11(7-5-10)16-9-3-8-12(13,14)15/h1,4-7H,3,8-9H2. The smallest absolute Gasteiger partial charge is 0.389 e. The summed E-state index contributed by atoms with van der Waals surface area (Å²) in [6.07, 6.45) is 0.174. The van der Waals surface area contributed by atoms with Crippen LogP contribution in [0.5, 0.6) is 5.75 Å². The van der Waals surface area contributed by atoms with Gasteiger partial charge in [-0.3, -0.25) is 0 Å². The quantitative estimate of drug-likeness (QED) is 0.567. The first-order valence-electron chi connectivity index (χ1n) is 4.77. The van der Waals surface area contributed by atoms with Crippen LogP contribution in [0.25, 0.3) is 0 Å². The van der Waals surface area contributed by atoms with Crippen LogP contribution < -0.4 is 4.74 Å². The van der Waals surface area contributed by atoms with Gasteiger partial charge in [0.05, 0.1) is 6.61 Å². The van der Waals surface area contributed by atoms with Crippen LogP contribution in [0.3, 0.4) is 0 Å². The molecule has 0 saturated heterocycles. The second-order valence-electron chi connectivity index (χ2n) is 3.24. The number of benzene rings is 1. The Labute approximate surface area is 92.2 Å². The summed E-state index contributed by atoms with van der Waals surface area (Å²) in [5.41, 5.74) is 0.711. The lowest BCUT2D eigenvalue weighted by molar-refractivity contribution is -0.136. The summed E-state index contributed by atoms with van der Waals surface area (Å²) in [7, 11) is 0. The monoisotopic (exact) mass is 228 g/mol. The Bertz CT molecular complexity index is 359. The summed E-state index contributed by atoms with van der Waals surface area (Å²) in [6, 6.07) is 6.64. The van der Waals surface area contributed by atoms with E-state index in [4.69, 9.17) is 11.2 Å². The number of terminal acetylenes is 1. The highest BCUT2D eigenvalue weighted by atomic mass is 19.4. The lowest BCUT2D eigenvalue weighted by atomic mass is 10.2. The van der Waals surface area contributed by atoms with Crippen LogP contribution in [0.4, 0.5) is 13.2 Å². The third-order valence-electron chi connectivity index (χ3n) is 1.89. The second-order valence-corrected chi connectivity index (χ2v) is 3.24. The topological polar surface area (TPSA) is 9.23 Å². The molecule has 1 aromatic carbocycles. The molecule has 0 aliphatic rings. The van der Waals surface area contributed by atoms with Crippen LogP contribution in [0.2, 0.25) is 0 Å². The summed E-state index contributed by atoms with van der Waals surface area (Å²) >= 11 is 0. The molecule has 0 radical (unpaired) electrons. The Morgan fingerprint density at radius 1 is 1.19 bits per heavy atom. The van der Waals surface area contributed by atoms with E-state index in [1.165, 1.54) is 0 Å². The fourth-order valence-corrected chi connectivity index (χ4v) is 1.11. The van der Waals surface area contributed by atoms with Crippen molar-refractivity contribution in [3.8, 4) is 18.1 Å². The molecule has 0 bridgehead atoms. The number of halogens is 3. The molecule has 4 heteroatoms. The zero-order valence-electron chi connectivity index (χ0n) is 8.55. The SMILES string of the molecule is C#Cc1ccc(OCCCC(F)(F)F)cc1. The first kappa shape index (κ1) is 12.4. The van der Waals surface area contributed by atoms with Gasteiger partial charge in [-0.05, 0) is 30.7 Å². The molecule has 0 aliphatic carbocycles. The molecule has 0 atom stereocenters. The maximum absolute atomic E-state index is 11.8. The van der Waals surface area contributed by atoms with E-state index in [1.54, 1.807) is 24.3 Å². The minimum atomic E-state index is -4.11. The first-order valence-corrected chi connectivity index (χ1v) is 4.77. The van der Waals surface area contributed by atoms with E-state index in [9.17, 15) is 13.2 Å². The van der Waals surface area contributed by atoms with Gasteiger partial charge in [0.1, 0.15) is 5.75 Å². The van der Waals surface area contributed by atoms with Gasteiger partial charge in [-0.2, -0.15) is 13.2 Å². The van der Waals surface area contributed by atoms with Crippen LogP contribution in [-0.4, -0.2) is 12.8 Å². The van der Waals surface area contributed by atoms with E-state index >= 15 is 0 Å². The summed E-state index contributed by atoms with van der Waals surface area (Å²) in [6.45, 7) is 0.0505. The fourth-order valence-electron chi connectivity index (χ4n) is 1.11. The van der Waals surface area contributed by atoms with Gasteiger partial charge in [0.15, 0.2) is 0 Å². The number of alkyl halides is 3. The van der Waals surface area contributed by atoms with Gasteiger partial charge >= 0.3 is 6.18 Å². The maximum Gasteiger partial charge on any atom is 0.389 e. The van der Waals surface area contributed by atoms with Crippen molar-refractivity contribution in [1.82, 2.24) is 0 Å². The summed E-state index contributed by atoms with van der Waals surface area (Å²) < 4.78 is 40.5. The zero-order valence-corrected chi connectivity index (χ0v) is 8.55. The average molecular weight is 228 g/mol. The highest BCUT2D eigenvalue weighted by Crippen LogP contribution is 2.21. The van der Waals surface area contributed by atoms with Gasteiger partial charge in [0.25, 0.3) is 0 Å². The Hall–Kier alpha value is -1.63. The number of hydrogen-bond donors (Lipinski definition) is 0. The molecule has 1 nitrogen and oxygen atoms in total. The average Bonchev–Trinajstić information content (AvgIpc) is 2.24. The van der Waals surface area contributed by atoms with Gasteiger partial charge < -0.3 is 4.74 Å². The molecule has 1 aromatic rings. The molecule has 0 aromatic heterocycles. The summed E-state index contributed by atoms with van der Waals surface area (Å²) in [5.74, 6) is 2.97. The minimum absolute atomic E-state index is 0.0413. The van der Waals surface area contributed by atoms with E-state index in [0.29, 0.717) is 11.3 Å². The van der Waals surface area contributed by atoms with Crippen molar-refractivity contribution in [3.63, 3.8) is 0 Å². The van der Waals surface area contributed by atoms with Crippen LogP contribution in [0, 0.1) is 12.3 Å². The second kappa shape index (κ2) is 5.45. The molecule has 0 saturated carbocycles. The van der Waals surface area contributed by atoms with Gasteiger partial charge in [0, 0.05) is 12.0 Å². The normalized spacial score (nSPS) is 10.9. The fraction of sp³-hybridized carbons (Fsp3) is 0.333. The molecular formula is C12H11F3O. The van der Waals surface area contributed by atoms with E-state index in [-0.39, 0.29) is 13.0 Å².